The number of carbonyl (C=O) groups excluding carboxylic acids is 1. The molecule has 13 nitrogen and oxygen atoms in total. The van der Waals surface area contributed by atoms with Crippen molar-refractivity contribution in [1.82, 2.24) is 24.8 Å². The number of amides is 1. The van der Waals surface area contributed by atoms with Crippen LogP contribution in [-0.4, -0.2) is 108 Å². The van der Waals surface area contributed by atoms with Crippen LogP contribution in [0.25, 0.3) is 11.3 Å². The van der Waals surface area contributed by atoms with Gasteiger partial charge in [-0.1, -0.05) is 6.07 Å². The van der Waals surface area contributed by atoms with E-state index in [0.717, 1.165) is 60.8 Å². The molecule has 254 valence electrons. The van der Waals surface area contributed by atoms with Crippen molar-refractivity contribution < 1.29 is 29.0 Å². The number of nitrogens with one attached hydrogen (secondary N) is 2. The number of aryl methyl sites for hydroxylation is 1. The number of carbonyl (C=O) groups is 2. The molecule has 0 spiro atoms. The summed E-state index contributed by atoms with van der Waals surface area (Å²) in [6, 6.07) is 18.8. The molecule has 4 aromatic rings. The van der Waals surface area contributed by atoms with Gasteiger partial charge in [-0.05, 0) is 42.8 Å². The average Bonchev–Trinajstić information content (AvgIpc) is 3.06. The molecule has 48 heavy (non-hydrogen) atoms. The fraction of sp³-hybridized carbons (Fsp3) is 0.324. The number of carboxylic acid groups (broad SMARTS) is 1. The molecule has 0 radical (unpaired) electrons. The largest absolute Gasteiger partial charge is 0.324 e. The van der Waals surface area contributed by atoms with E-state index >= 15 is 0 Å². The van der Waals surface area contributed by atoms with Gasteiger partial charge in [0.05, 0.1) is 5.69 Å². The number of nitrogens with zero attached hydrogens (tertiary/aromatic N) is 5. The Morgan fingerprint density at radius 1 is 1.00 bits per heavy atom. The van der Waals surface area contributed by atoms with Gasteiger partial charge in [-0.25, -0.2) is 9.97 Å². The van der Waals surface area contributed by atoms with E-state index in [2.05, 4.69) is 39.9 Å². The van der Waals surface area contributed by atoms with E-state index in [1.54, 1.807) is 18.6 Å². The van der Waals surface area contributed by atoms with Gasteiger partial charge in [0.2, 0.25) is 5.95 Å². The fourth-order valence-electron chi connectivity index (χ4n) is 5.38. The van der Waals surface area contributed by atoms with E-state index < -0.39 is 19.4 Å². The maximum Gasteiger partial charge on any atom is 0.227 e. The van der Waals surface area contributed by atoms with Gasteiger partial charge in [0.1, 0.15) is 0 Å². The maximum absolute atomic E-state index is 13.1. The summed E-state index contributed by atoms with van der Waals surface area (Å²) < 4.78 is 3.84. The molecule has 1 fully saturated rings. The molecule has 0 unspecified atom stereocenters. The van der Waals surface area contributed by atoms with E-state index in [0.29, 0.717) is 23.7 Å². The number of carboxylic acids is 1. The van der Waals surface area contributed by atoms with E-state index in [1.165, 1.54) is 13.6 Å². The van der Waals surface area contributed by atoms with Crippen LogP contribution < -0.4 is 10.6 Å². The molecule has 14 heteroatoms. The number of aliphatic hydroxyl groups is 1. The fourth-order valence-corrected chi connectivity index (χ4v) is 7.24. The molecule has 3 heterocycles. The Morgan fingerprint density at radius 3 is 2.42 bits per heavy atom. The zero-order valence-corrected chi connectivity index (χ0v) is 28.2. The third-order valence-corrected chi connectivity index (χ3v) is 10.4. The maximum atomic E-state index is 13.1. The van der Waals surface area contributed by atoms with Crippen molar-refractivity contribution in [2.45, 2.75) is 26.5 Å². The van der Waals surface area contributed by atoms with E-state index in [-0.39, 0.29) is 12.1 Å². The van der Waals surface area contributed by atoms with Crippen LogP contribution in [-0.2, 0) is 11.3 Å². The summed E-state index contributed by atoms with van der Waals surface area (Å²) in [6.45, 7) is 8.82. The summed E-state index contributed by atoms with van der Waals surface area (Å²) >= 11 is 0. The second-order valence-electron chi connectivity index (χ2n) is 12.4. The summed E-state index contributed by atoms with van der Waals surface area (Å²) in [7, 11) is -4.40. The SMILES string of the molecule is Cc1ccc(NC(=O)c2ccc(CN3CCN(CCP(C)(O)(O)[OH+][C@H](C)C(=O)O)CC3)cc2)cc1Nc1nccc(-c2cccnc2)n1. The zero-order valence-electron chi connectivity index (χ0n) is 27.3. The van der Waals surface area contributed by atoms with Gasteiger partial charge in [-0.15, -0.1) is 0 Å². The molecule has 1 aliphatic heterocycles. The minimum absolute atomic E-state index is 0.0301. The quantitative estimate of drug-likeness (QED) is 0.103. The zero-order chi connectivity index (χ0) is 34.3. The third-order valence-electron chi connectivity index (χ3n) is 8.21. The van der Waals surface area contributed by atoms with Crippen molar-refractivity contribution in [2.24, 2.45) is 0 Å². The normalized spacial score (nSPS) is 15.6. The van der Waals surface area contributed by atoms with Crippen LogP contribution in [0.2, 0.25) is 0 Å². The molecule has 1 saturated heterocycles. The van der Waals surface area contributed by atoms with Gasteiger partial charge in [-0.3, -0.25) is 9.78 Å². The van der Waals surface area contributed by atoms with Crippen LogP contribution in [0, 0.1) is 6.92 Å². The van der Waals surface area contributed by atoms with Crippen LogP contribution in [0.4, 0.5) is 17.3 Å². The second kappa shape index (κ2) is 14.8. The van der Waals surface area contributed by atoms with Crippen molar-refractivity contribution in [3.8, 4) is 11.3 Å². The number of aliphatic carboxylic acids is 1. The van der Waals surface area contributed by atoms with Gasteiger partial charge in [0, 0.05) is 35.5 Å². The van der Waals surface area contributed by atoms with Crippen molar-refractivity contribution in [1.29, 1.82) is 0 Å². The molecule has 1 aliphatic rings. The van der Waals surface area contributed by atoms with Gasteiger partial charge >= 0.3 is 154 Å². The Hall–Kier alpha value is -4.36. The molecular formula is C34H43N7O6P+. The first-order valence-electron chi connectivity index (χ1n) is 15.7. The molecule has 2 aromatic heterocycles. The Kier molecular flexibility index (Phi) is 10.8. The summed E-state index contributed by atoms with van der Waals surface area (Å²) in [4.78, 5) is 63.0. The monoisotopic (exact) mass is 676 g/mol. The number of pyridine rings is 1. The van der Waals surface area contributed by atoms with Gasteiger partial charge in [-0.2, -0.15) is 0 Å². The summed E-state index contributed by atoms with van der Waals surface area (Å²) in [6.07, 6.45) is 4.01. The Balaban J connectivity index is 1.11. The van der Waals surface area contributed by atoms with Crippen molar-refractivity contribution in [2.75, 3.05) is 56.2 Å². The molecule has 0 bridgehead atoms. The number of anilines is 3. The summed E-state index contributed by atoms with van der Waals surface area (Å²) in [5.74, 6) is -0.961. The van der Waals surface area contributed by atoms with Crippen molar-refractivity contribution in [3.05, 3.63) is 95.9 Å². The van der Waals surface area contributed by atoms with Crippen LogP contribution in [0.5, 0.6) is 0 Å². The number of piperazine rings is 1. The Labute approximate surface area is 279 Å². The first kappa shape index (κ1) is 35.0. The number of benzene rings is 2. The minimum Gasteiger partial charge on any atom is -0.324 e. The van der Waals surface area contributed by atoms with Crippen LogP contribution in [0.3, 0.4) is 0 Å². The molecular weight excluding hydrogens is 633 g/mol. The summed E-state index contributed by atoms with van der Waals surface area (Å²) in [5, 5.41) is 15.3. The Bertz CT molecular complexity index is 1730. The number of hydrogen-bond donors (Lipinski definition) is 5. The standard InChI is InChI=1S/C34H42N7O6P/c1-24-6-11-29(21-31(24)39-34-36-14-12-30(38-34)28-5-4-13-35-22-28)37-32(42)27-9-7-26(8-10-27)23-41-17-15-40(16-18-41)19-20-48(3,45,46)47-25(2)33(43)44/h4-14,21-22,25,45-46H,15-20,23H2,1-3H3,(H,37,42)(H,43,44)(H,36,38,39)/p+1/t25-/m1/s1. The molecule has 1 amide bonds. The Morgan fingerprint density at radius 2 is 1.73 bits per heavy atom. The summed E-state index contributed by atoms with van der Waals surface area (Å²) in [5.41, 5.74) is 5.65. The number of aromatic nitrogens is 3. The average molecular weight is 677 g/mol. The predicted molar refractivity (Wildman–Crippen MR) is 187 cm³/mol. The first-order chi connectivity index (χ1) is 22.8. The third kappa shape index (κ3) is 9.83. The molecule has 6 N–H and O–H groups in total. The second-order valence-corrected chi connectivity index (χ2v) is 16.3. The first-order valence-corrected chi connectivity index (χ1v) is 18.5. The van der Waals surface area contributed by atoms with Crippen LogP contribution in [0.1, 0.15) is 28.4 Å². The number of hydrogen-bond acceptors (Lipinski definition) is 10. The van der Waals surface area contributed by atoms with Crippen LogP contribution >= 0.6 is 7.28 Å². The molecule has 5 rings (SSSR count). The van der Waals surface area contributed by atoms with Crippen molar-refractivity contribution >= 4 is 36.5 Å². The molecule has 1 atom stereocenters. The predicted octanol–water partition coefficient (Wildman–Crippen LogP) is 3.87. The topological polar surface area (TPSA) is 177 Å². The smallest absolute Gasteiger partial charge is 0.227 e. The van der Waals surface area contributed by atoms with E-state index in [4.69, 9.17) is 5.11 Å². The molecule has 0 saturated carbocycles. The van der Waals surface area contributed by atoms with E-state index in [9.17, 15) is 19.4 Å². The van der Waals surface area contributed by atoms with Gasteiger partial charge in [0.25, 0.3) is 0 Å². The van der Waals surface area contributed by atoms with Crippen molar-refractivity contribution in [3.63, 3.8) is 0 Å². The molecule has 2 aromatic carbocycles. The van der Waals surface area contributed by atoms with Gasteiger partial charge in [0.15, 0.2) is 0 Å². The number of rotatable bonds is 13. The minimum atomic E-state index is -4.40. The molecule has 0 aliphatic carbocycles. The van der Waals surface area contributed by atoms with Crippen LogP contribution in [0.15, 0.2) is 79.3 Å². The van der Waals surface area contributed by atoms with Gasteiger partial charge < -0.3 is 10.6 Å². The van der Waals surface area contributed by atoms with E-state index in [1.807, 2.05) is 67.6 Å².